The van der Waals surface area contributed by atoms with Crippen LogP contribution in [0, 0.1) is 0 Å². The highest BCUT2D eigenvalue weighted by Crippen LogP contribution is 2.20. The molecule has 1 saturated carbocycles. The fourth-order valence-corrected chi connectivity index (χ4v) is 2.07. The van der Waals surface area contributed by atoms with Crippen LogP contribution in [-0.2, 0) is 9.53 Å². The predicted molar refractivity (Wildman–Crippen MR) is 72.1 cm³/mol. The van der Waals surface area contributed by atoms with Crippen molar-refractivity contribution in [3.05, 3.63) is 23.9 Å². The van der Waals surface area contributed by atoms with Crippen LogP contribution in [0.4, 0.5) is 0 Å². The zero-order valence-corrected chi connectivity index (χ0v) is 11.7. The number of esters is 1. The van der Waals surface area contributed by atoms with Crippen LogP contribution in [0.15, 0.2) is 23.4 Å². The van der Waals surface area contributed by atoms with Gasteiger partial charge in [-0.25, -0.2) is 9.78 Å². The summed E-state index contributed by atoms with van der Waals surface area (Å²) in [7, 11) is 0. The van der Waals surface area contributed by atoms with Crippen LogP contribution in [0.1, 0.15) is 30.1 Å². The van der Waals surface area contributed by atoms with Crippen LogP contribution in [0.3, 0.4) is 0 Å². The molecule has 0 spiro atoms. The Morgan fingerprint density at radius 1 is 1.53 bits per heavy atom. The molecule has 1 atom stereocenters. The summed E-state index contributed by atoms with van der Waals surface area (Å²) >= 11 is 1.37. The van der Waals surface area contributed by atoms with Gasteiger partial charge in [-0.05, 0) is 38.2 Å². The van der Waals surface area contributed by atoms with E-state index in [1.54, 1.807) is 25.3 Å². The first-order chi connectivity index (χ1) is 9.11. The highest BCUT2D eigenvalue weighted by molar-refractivity contribution is 7.98. The summed E-state index contributed by atoms with van der Waals surface area (Å²) in [6.45, 7) is 1.57. The standard InChI is InChI=1S/C13H16N2O3S/c1-8(11(16)15-9-5-6-9)18-13(17)10-4-3-7-14-12(10)19-2/h3-4,7-9H,5-6H2,1-2H3,(H,15,16)/t8-/m1/s1. The Hall–Kier alpha value is -1.56. The summed E-state index contributed by atoms with van der Waals surface area (Å²) in [5.41, 5.74) is 0.390. The third-order valence-electron chi connectivity index (χ3n) is 2.76. The monoisotopic (exact) mass is 280 g/mol. The molecule has 1 N–H and O–H groups in total. The highest BCUT2D eigenvalue weighted by atomic mass is 32.2. The van der Waals surface area contributed by atoms with E-state index in [0.717, 1.165) is 12.8 Å². The number of pyridine rings is 1. The molecule has 2 rings (SSSR count). The molecule has 0 radical (unpaired) electrons. The third-order valence-corrected chi connectivity index (χ3v) is 3.47. The number of rotatable bonds is 5. The number of hydrogen-bond donors (Lipinski definition) is 1. The number of carbonyl (C=O) groups excluding carboxylic acids is 2. The van der Waals surface area contributed by atoms with Crippen molar-refractivity contribution in [3.8, 4) is 0 Å². The molecular weight excluding hydrogens is 264 g/mol. The van der Waals surface area contributed by atoms with E-state index in [1.165, 1.54) is 11.8 Å². The van der Waals surface area contributed by atoms with Crippen molar-refractivity contribution in [2.45, 2.75) is 36.9 Å². The maximum atomic E-state index is 12.0. The molecule has 1 aromatic rings. The average molecular weight is 280 g/mol. The maximum Gasteiger partial charge on any atom is 0.341 e. The Morgan fingerprint density at radius 2 is 2.26 bits per heavy atom. The number of carbonyl (C=O) groups is 2. The summed E-state index contributed by atoms with van der Waals surface area (Å²) in [6, 6.07) is 3.58. The summed E-state index contributed by atoms with van der Waals surface area (Å²) in [5, 5.41) is 3.40. The molecule has 19 heavy (non-hydrogen) atoms. The van der Waals surface area contributed by atoms with E-state index in [0.29, 0.717) is 10.6 Å². The Morgan fingerprint density at radius 3 is 2.89 bits per heavy atom. The number of ether oxygens (including phenoxy) is 1. The number of nitrogens with zero attached hydrogens (tertiary/aromatic N) is 1. The average Bonchev–Trinajstić information content (AvgIpc) is 3.22. The smallest absolute Gasteiger partial charge is 0.341 e. The number of nitrogens with one attached hydrogen (secondary N) is 1. The van der Waals surface area contributed by atoms with Gasteiger partial charge in [-0.2, -0.15) is 0 Å². The lowest BCUT2D eigenvalue weighted by Gasteiger charge is -2.13. The van der Waals surface area contributed by atoms with E-state index in [1.807, 2.05) is 6.26 Å². The fraction of sp³-hybridized carbons (Fsp3) is 0.462. The molecule has 1 aliphatic carbocycles. The number of amides is 1. The van der Waals surface area contributed by atoms with Gasteiger partial charge in [0, 0.05) is 12.2 Å². The zero-order valence-electron chi connectivity index (χ0n) is 10.9. The van der Waals surface area contributed by atoms with Crippen molar-refractivity contribution >= 4 is 23.6 Å². The van der Waals surface area contributed by atoms with Crippen LogP contribution >= 0.6 is 11.8 Å². The van der Waals surface area contributed by atoms with Crippen molar-refractivity contribution in [3.63, 3.8) is 0 Å². The van der Waals surface area contributed by atoms with Crippen molar-refractivity contribution < 1.29 is 14.3 Å². The van der Waals surface area contributed by atoms with Crippen molar-refractivity contribution in [1.29, 1.82) is 0 Å². The number of aromatic nitrogens is 1. The topological polar surface area (TPSA) is 68.3 Å². The van der Waals surface area contributed by atoms with Crippen LogP contribution in [0.2, 0.25) is 0 Å². The van der Waals surface area contributed by atoms with E-state index < -0.39 is 12.1 Å². The fourth-order valence-electron chi connectivity index (χ4n) is 1.53. The first-order valence-electron chi connectivity index (χ1n) is 6.12. The second-order valence-corrected chi connectivity index (χ2v) is 5.19. The molecule has 0 aliphatic heterocycles. The molecule has 0 bridgehead atoms. The minimum atomic E-state index is -0.789. The molecule has 1 aliphatic rings. The van der Waals surface area contributed by atoms with Crippen molar-refractivity contribution in [1.82, 2.24) is 10.3 Å². The molecule has 1 aromatic heterocycles. The normalized spacial score (nSPS) is 15.7. The Balaban J connectivity index is 1.97. The molecule has 5 nitrogen and oxygen atoms in total. The Labute approximate surface area is 116 Å². The highest BCUT2D eigenvalue weighted by Gasteiger charge is 2.27. The van der Waals surface area contributed by atoms with E-state index in [-0.39, 0.29) is 11.9 Å². The van der Waals surface area contributed by atoms with Crippen LogP contribution in [-0.4, -0.2) is 35.3 Å². The molecule has 1 amide bonds. The lowest BCUT2D eigenvalue weighted by atomic mass is 10.3. The van der Waals surface area contributed by atoms with Gasteiger partial charge >= 0.3 is 5.97 Å². The molecule has 6 heteroatoms. The van der Waals surface area contributed by atoms with E-state index in [2.05, 4.69) is 10.3 Å². The quantitative estimate of drug-likeness (QED) is 0.656. The second kappa shape index (κ2) is 6.06. The van der Waals surface area contributed by atoms with Gasteiger partial charge in [0.05, 0.1) is 5.56 Å². The first-order valence-corrected chi connectivity index (χ1v) is 7.34. The van der Waals surface area contributed by atoms with E-state index in [9.17, 15) is 9.59 Å². The van der Waals surface area contributed by atoms with Crippen molar-refractivity contribution in [2.75, 3.05) is 6.26 Å². The van der Waals surface area contributed by atoms with Crippen LogP contribution in [0.25, 0.3) is 0 Å². The van der Waals surface area contributed by atoms with Crippen LogP contribution < -0.4 is 5.32 Å². The number of hydrogen-bond acceptors (Lipinski definition) is 5. The van der Waals surface area contributed by atoms with Gasteiger partial charge in [-0.1, -0.05) is 0 Å². The molecular formula is C13H16N2O3S. The minimum Gasteiger partial charge on any atom is -0.449 e. The number of thioether (sulfide) groups is 1. The SMILES string of the molecule is CSc1ncccc1C(=O)O[C@H](C)C(=O)NC1CC1. The Bertz CT molecular complexity index is 489. The predicted octanol–water partition coefficient (Wildman–Crippen LogP) is 1.63. The van der Waals surface area contributed by atoms with Crippen molar-refractivity contribution in [2.24, 2.45) is 0 Å². The van der Waals surface area contributed by atoms with Gasteiger partial charge in [0.25, 0.3) is 5.91 Å². The molecule has 102 valence electrons. The molecule has 0 aromatic carbocycles. The summed E-state index contributed by atoms with van der Waals surface area (Å²) in [6.07, 6.45) is 4.67. The van der Waals surface area contributed by atoms with E-state index >= 15 is 0 Å². The third kappa shape index (κ3) is 3.70. The first kappa shape index (κ1) is 13.9. The van der Waals surface area contributed by atoms with Gasteiger partial charge < -0.3 is 10.1 Å². The van der Waals surface area contributed by atoms with Gasteiger partial charge in [-0.3, -0.25) is 4.79 Å². The lowest BCUT2D eigenvalue weighted by Crippen LogP contribution is -2.37. The molecule has 1 heterocycles. The Kier molecular flexibility index (Phi) is 4.42. The summed E-state index contributed by atoms with van der Waals surface area (Å²) < 4.78 is 5.17. The van der Waals surface area contributed by atoms with Gasteiger partial charge in [0.1, 0.15) is 5.03 Å². The van der Waals surface area contributed by atoms with Gasteiger partial charge in [0.15, 0.2) is 6.10 Å². The van der Waals surface area contributed by atoms with Gasteiger partial charge in [0.2, 0.25) is 0 Å². The maximum absolute atomic E-state index is 12.0. The van der Waals surface area contributed by atoms with Gasteiger partial charge in [-0.15, -0.1) is 11.8 Å². The largest absolute Gasteiger partial charge is 0.449 e. The minimum absolute atomic E-state index is 0.245. The summed E-state index contributed by atoms with van der Waals surface area (Å²) in [4.78, 5) is 27.8. The second-order valence-electron chi connectivity index (χ2n) is 4.39. The van der Waals surface area contributed by atoms with Crippen LogP contribution in [0.5, 0.6) is 0 Å². The summed E-state index contributed by atoms with van der Waals surface area (Å²) in [5.74, 6) is -0.763. The lowest BCUT2D eigenvalue weighted by molar-refractivity contribution is -0.129. The zero-order chi connectivity index (χ0) is 13.8. The molecule has 1 fully saturated rings. The molecule has 0 saturated heterocycles. The van der Waals surface area contributed by atoms with E-state index in [4.69, 9.17) is 4.74 Å². The molecule has 0 unspecified atom stereocenters.